The Morgan fingerprint density at radius 2 is 2.00 bits per heavy atom. The molecule has 3 aromatic rings. The normalized spacial score (nSPS) is 10.9. The topological polar surface area (TPSA) is 111 Å². The molecule has 0 saturated heterocycles. The van der Waals surface area contributed by atoms with E-state index in [4.69, 9.17) is 4.42 Å². The molecule has 0 saturated carbocycles. The van der Waals surface area contributed by atoms with E-state index in [-0.39, 0.29) is 18.1 Å². The largest absolute Gasteiger partial charge is 0.450 e. The molecule has 2 aromatic heterocycles. The number of amides is 3. The molecule has 8 nitrogen and oxygen atoms in total. The van der Waals surface area contributed by atoms with E-state index in [0.717, 1.165) is 0 Å². The summed E-state index contributed by atoms with van der Waals surface area (Å²) in [4.78, 5) is 40.6. The van der Waals surface area contributed by atoms with Gasteiger partial charge >= 0.3 is 6.09 Å². The summed E-state index contributed by atoms with van der Waals surface area (Å²) in [5.74, 6) is -0.313. The highest BCUT2D eigenvalue weighted by Gasteiger charge is 2.19. The number of fused-ring (bicyclic) bond motifs is 1. The van der Waals surface area contributed by atoms with Gasteiger partial charge in [-0.15, -0.1) is 11.3 Å². The molecule has 0 unspecified atom stereocenters. The number of ether oxygens (including phenoxy) is 1. The SMILES string of the molecule is CCOC(=O)NC(=O)c1ccsc1NC(=O)c1ccc2oc(C(C)C)nc2c1. The highest BCUT2D eigenvalue weighted by molar-refractivity contribution is 7.14. The molecule has 3 rings (SSSR count). The predicted molar refractivity (Wildman–Crippen MR) is 105 cm³/mol. The molecule has 0 atom stereocenters. The monoisotopic (exact) mass is 401 g/mol. The van der Waals surface area contributed by atoms with Gasteiger partial charge < -0.3 is 14.5 Å². The van der Waals surface area contributed by atoms with Crippen molar-refractivity contribution in [3.8, 4) is 0 Å². The van der Waals surface area contributed by atoms with Crippen LogP contribution in [0, 0.1) is 0 Å². The minimum atomic E-state index is -0.839. The van der Waals surface area contributed by atoms with Crippen LogP contribution in [-0.4, -0.2) is 29.5 Å². The van der Waals surface area contributed by atoms with Crippen molar-refractivity contribution in [1.29, 1.82) is 0 Å². The van der Waals surface area contributed by atoms with Gasteiger partial charge in [0.15, 0.2) is 11.5 Å². The second-order valence-corrected chi connectivity index (χ2v) is 7.10. The number of alkyl carbamates (subject to hydrolysis) is 1. The molecule has 0 fully saturated rings. The van der Waals surface area contributed by atoms with Crippen LogP contribution in [-0.2, 0) is 4.74 Å². The van der Waals surface area contributed by atoms with Gasteiger partial charge in [-0.2, -0.15) is 0 Å². The number of hydrogen-bond donors (Lipinski definition) is 2. The van der Waals surface area contributed by atoms with Crippen LogP contribution in [0.4, 0.5) is 9.80 Å². The van der Waals surface area contributed by atoms with E-state index in [9.17, 15) is 14.4 Å². The van der Waals surface area contributed by atoms with Crippen molar-refractivity contribution >= 4 is 45.3 Å². The third-order valence-electron chi connectivity index (χ3n) is 3.79. The molecule has 1 aromatic carbocycles. The Balaban J connectivity index is 1.76. The van der Waals surface area contributed by atoms with Gasteiger partial charge in [-0.3, -0.25) is 14.9 Å². The number of nitrogens with zero attached hydrogens (tertiary/aromatic N) is 1. The van der Waals surface area contributed by atoms with Gasteiger partial charge in [0.2, 0.25) is 0 Å². The number of imide groups is 1. The number of aromatic nitrogens is 1. The van der Waals surface area contributed by atoms with E-state index in [0.29, 0.717) is 27.6 Å². The lowest BCUT2D eigenvalue weighted by Gasteiger charge is -2.07. The van der Waals surface area contributed by atoms with E-state index in [1.165, 1.54) is 17.4 Å². The van der Waals surface area contributed by atoms with Crippen LogP contribution in [0.5, 0.6) is 0 Å². The van der Waals surface area contributed by atoms with E-state index in [2.05, 4.69) is 20.4 Å². The molecule has 2 N–H and O–H groups in total. The van der Waals surface area contributed by atoms with Crippen LogP contribution in [0.2, 0.25) is 0 Å². The molecule has 3 amide bonds. The fraction of sp³-hybridized carbons (Fsp3) is 0.263. The van der Waals surface area contributed by atoms with Crippen LogP contribution in [0.15, 0.2) is 34.1 Å². The number of nitrogens with one attached hydrogen (secondary N) is 2. The zero-order valence-corrected chi connectivity index (χ0v) is 16.4. The zero-order chi connectivity index (χ0) is 20.3. The number of carbonyl (C=O) groups excluding carboxylic acids is 3. The first-order valence-electron chi connectivity index (χ1n) is 8.66. The number of benzene rings is 1. The van der Waals surface area contributed by atoms with Gasteiger partial charge in [0.25, 0.3) is 11.8 Å². The highest BCUT2D eigenvalue weighted by atomic mass is 32.1. The molecule has 0 bridgehead atoms. The summed E-state index contributed by atoms with van der Waals surface area (Å²) in [6.45, 7) is 5.72. The molecule has 2 heterocycles. The summed E-state index contributed by atoms with van der Waals surface area (Å²) in [6.07, 6.45) is -0.839. The smallest absolute Gasteiger partial charge is 0.414 e. The Hall–Kier alpha value is -3.20. The Morgan fingerprint density at radius 1 is 1.21 bits per heavy atom. The summed E-state index contributed by atoms with van der Waals surface area (Å²) in [5, 5.41) is 6.78. The maximum Gasteiger partial charge on any atom is 0.414 e. The number of oxazole rings is 1. The lowest BCUT2D eigenvalue weighted by Crippen LogP contribution is -2.31. The summed E-state index contributed by atoms with van der Waals surface area (Å²) in [6, 6.07) is 6.46. The van der Waals surface area contributed by atoms with E-state index >= 15 is 0 Å². The Bertz CT molecular complexity index is 1040. The maximum absolute atomic E-state index is 12.6. The van der Waals surface area contributed by atoms with Crippen LogP contribution >= 0.6 is 11.3 Å². The van der Waals surface area contributed by atoms with Crippen molar-refractivity contribution in [3.63, 3.8) is 0 Å². The minimum Gasteiger partial charge on any atom is -0.450 e. The van der Waals surface area contributed by atoms with Crippen molar-refractivity contribution in [3.05, 3.63) is 46.7 Å². The molecule has 0 aliphatic rings. The van der Waals surface area contributed by atoms with Crippen LogP contribution < -0.4 is 10.6 Å². The van der Waals surface area contributed by atoms with Crippen molar-refractivity contribution < 1.29 is 23.5 Å². The van der Waals surface area contributed by atoms with E-state index in [1.54, 1.807) is 30.5 Å². The lowest BCUT2D eigenvalue weighted by molar-refractivity contribution is 0.0926. The Kier molecular flexibility index (Phi) is 5.74. The minimum absolute atomic E-state index is 0.135. The van der Waals surface area contributed by atoms with Crippen LogP contribution in [0.25, 0.3) is 11.1 Å². The summed E-state index contributed by atoms with van der Waals surface area (Å²) in [5.41, 5.74) is 1.74. The molecular formula is C19H19N3O5S. The lowest BCUT2D eigenvalue weighted by atomic mass is 10.2. The summed E-state index contributed by atoms with van der Waals surface area (Å²) >= 11 is 1.17. The maximum atomic E-state index is 12.6. The third-order valence-corrected chi connectivity index (χ3v) is 4.62. The second-order valence-electron chi connectivity index (χ2n) is 6.18. The molecular weight excluding hydrogens is 382 g/mol. The number of hydrogen-bond acceptors (Lipinski definition) is 7. The predicted octanol–water partition coefficient (Wildman–Crippen LogP) is 4.15. The third kappa shape index (κ3) is 4.20. The number of thiophene rings is 1. The zero-order valence-electron chi connectivity index (χ0n) is 15.6. The molecule has 0 aliphatic carbocycles. The standard InChI is InChI=1S/C19H19N3O5S/c1-4-26-19(25)22-16(24)12-7-8-28-18(12)21-15(23)11-5-6-14-13(9-11)20-17(27-14)10(2)3/h5-10H,4H2,1-3H3,(H,21,23)(H,22,24,25). The fourth-order valence-corrected chi connectivity index (χ4v) is 3.20. The average molecular weight is 401 g/mol. The highest BCUT2D eigenvalue weighted by Crippen LogP contribution is 2.25. The van der Waals surface area contributed by atoms with Crippen LogP contribution in [0.3, 0.4) is 0 Å². The van der Waals surface area contributed by atoms with Crippen molar-refractivity contribution in [2.75, 3.05) is 11.9 Å². The molecule has 0 spiro atoms. The van der Waals surface area contributed by atoms with Crippen molar-refractivity contribution in [1.82, 2.24) is 10.3 Å². The quantitative estimate of drug-likeness (QED) is 0.664. The first kappa shape index (κ1) is 19.6. The van der Waals surface area contributed by atoms with Gasteiger partial charge in [0, 0.05) is 11.5 Å². The fourth-order valence-electron chi connectivity index (χ4n) is 2.42. The van der Waals surface area contributed by atoms with Crippen molar-refractivity contribution in [2.24, 2.45) is 0 Å². The molecule has 0 aliphatic heterocycles. The summed E-state index contributed by atoms with van der Waals surface area (Å²) < 4.78 is 10.3. The van der Waals surface area contributed by atoms with Gasteiger partial charge in [0.05, 0.1) is 12.2 Å². The van der Waals surface area contributed by atoms with Gasteiger partial charge in [-0.25, -0.2) is 9.78 Å². The molecule has 146 valence electrons. The first-order valence-corrected chi connectivity index (χ1v) is 9.54. The van der Waals surface area contributed by atoms with E-state index < -0.39 is 17.9 Å². The molecule has 9 heteroatoms. The second kappa shape index (κ2) is 8.22. The molecule has 28 heavy (non-hydrogen) atoms. The number of rotatable bonds is 5. The van der Waals surface area contributed by atoms with Gasteiger partial charge in [-0.05, 0) is 36.6 Å². The average Bonchev–Trinajstić information content (AvgIpc) is 3.27. The van der Waals surface area contributed by atoms with Gasteiger partial charge in [-0.1, -0.05) is 13.8 Å². The van der Waals surface area contributed by atoms with Crippen molar-refractivity contribution in [2.45, 2.75) is 26.7 Å². The number of carbonyl (C=O) groups is 3. The van der Waals surface area contributed by atoms with Gasteiger partial charge in [0.1, 0.15) is 10.5 Å². The summed E-state index contributed by atoms with van der Waals surface area (Å²) in [7, 11) is 0. The molecule has 0 radical (unpaired) electrons. The number of anilines is 1. The Labute approximate surface area is 164 Å². The Morgan fingerprint density at radius 3 is 2.71 bits per heavy atom. The van der Waals surface area contributed by atoms with E-state index in [1.807, 2.05) is 13.8 Å². The van der Waals surface area contributed by atoms with Crippen LogP contribution in [0.1, 0.15) is 53.3 Å². The first-order chi connectivity index (χ1) is 13.4.